The lowest BCUT2D eigenvalue weighted by Gasteiger charge is -2.35. The molecule has 0 bridgehead atoms. The molecule has 1 saturated heterocycles. The Bertz CT molecular complexity index is 296. The van der Waals surface area contributed by atoms with E-state index in [1.807, 2.05) is 4.90 Å². The number of hydrogen-bond acceptors (Lipinski definition) is 4. The molecule has 0 radical (unpaired) electrons. The Morgan fingerprint density at radius 2 is 2.16 bits per heavy atom. The zero-order valence-corrected chi connectivity index (χ0v) is 12.1. The fourth-order valence-electron chi connectivity index (χ4n) is 2.33. The smallest absolute Gasteiger partial charge is 0.241 e. The molecule has 0 aliphatic carbocycles. The molecule has 0 aromatic heterocycles. The molecule has 6 nitrogen and oxygen atoms in total. The number of carbonyl (C=O) groups is 2. The van der Waals surface area contributed by atoms with Crippen LogP contribution in [0.3, 0.4) is 0 Å². The second kappa shape index (κ2) is 8.12. The Kier molecular flexibility index (Phi) is 6.80. The standard InChI is InChI=1S/C13H25N3O3/c1-4-10(5-2)16(6-7-19-3)13(18)11-8-15-12(17)9-14-11/h10-11,14H,4-9H2,1-3H3,(H,15,17). The van der Waals surface area contributed by atoms with Crippen LogP contribution < -0.4 is 10.6 Å². The van der Waals surface area contributed by atoms with Gasteiger partial charge in [0.2, 0.25) is 11.8 Å². The molecule has 6 heteroatoms. The Morgan fingerprint density at radius 1 is 1.47 bits per heavy atom. The molecule has 0 saturated carbocycles. The van der Waals surface area contributed by atoms with Crippen LogP contribution in [0.15, 0.2) is 0 Å². The van der Waals surface area contributed by atoms with E-state index >= 15 is 0 Å². The van der Waals surface area contributed by atoms with Crippen molar-refractivity contribution < 1.29 is 14.3 Å². The summed E-state index contributed by atoms with van der Waals surface area (Å²) in [6.45, 7) is 5.85. The van der Waals surface area contributed by atoms with Crippen LogP contribution in [0, 0.1) is 0 Å². The van der Waals surface area contributed by atoms with E-state index in [4.69, 9.17) is 4.74 Å². The van der Waals surface area contributed by atoms with E-state index in [1.54, 1.807) is 7.11 Å². The van der Waals surface area contributed by atoms with Gasteiger partial charge in [-0.3, -0.25) is 14.9 Å². The first-order valence-corrected chi connectivity index (χ1v) is 6.93. The van der Waals surface area contributed by atoms with Gasteiger partial charge in [-0.1, -0.05) is 13.8 Å². The van der Waals surface area contributed by atoms with E-state index in [2.05, 4.69) is 24.5 Å². The molecule has 110 valence electrons. The summed E-state index contributed by atoms with van der Waals surface area (Å²) in [5, 5.41) is 5.70. The second-order valence-electron chi connectivity index (χ2n) is 4.73. The van der Waals surface area contributed by atoms with Gasteiger partial charge >= 0.3 is 0 Å². The number of methoxy groups -OCH3 is 1. The third-order valence-corrected chi connectivity index (χ3v) is 3.51. The van der Waals surface area contributed by atoms with Crippen LogP contribution >= 0.6 is 0 Å². The van der Waals surface area contributed by atoms with Gasteiger partial charge in [0.05, 0.1) is 13.2 Å². The van der Waals surface area contributed by atoms with Crippen molar-refractivity contribution >= 4 is 11.8 Å². The largest absolute Gasteiger partial charge is 0.383 e. The van der Waals surface area contributed by atoms with Crippen molar-refractivity contribution in [2.75, 3.05) is 33.4 Å². The van der Waals surface area contributed by atoms with Crippen molar-refractivity contribution in [1.82, 2.24) is 15.5 Å². The lowest BCUT2D eigenvalue weighted by atomic mass is 10.1. The van der Waals surface area contributed by atoms with Crippen molar-refractivity contribution in [2.45, 2.75) is 38.8 Å². The van der Waals surface area contributed by atoms with Gasteiger partial charge in [0.15, 0.2) is 0 Å². The number of rotatable bonds is 7. The van der Waals surface area contributed by atoms with E-state index < -0.39 is 0 Å². The van der Waals surface area contributed by atoms with Crippen molar-refractivity contribution in [3.63, 3.8) is 0 Å². The van der Waals surface area contributed by atoms with Gasteiger partial charge in [-0.25, -0.2) is 0 Å². The van der Waals surface area contributed by atoms with Crippen LogP contribution in [0.5, 0.6) is 0 Å². The SMILES string of the molecule is CCC(CC)N(CCOC)C(=O)C1CNC(=O)CN1. The molecule has 0 aromatic carbocycles. The van der Waals surface area contributed by atoms with E-state index in [0.29, 0.717) is 19.7 Å². The summed E-state index contributed by atoms with van der Waals surface area (Å²) in [6, 6.07) is -0.0998. The zero-order valence-electron chi connectivity index (χ0n) is 12.1. The molecule has 1 aliphatic rings. The summed E-state index contributed by atoms with van der Waals surface area (Å²) in [4.78, 5) is 25.5. The van der Waals surface area contributed by atoms with E-state index in [-0.39, 0.29) is 30.4 Å². The first-order chi connectivity index (χ1) is 9.13. The molecule has 1 heterocycles. The first-order valence-electron chi connectivity index (χ1n) is 6.93. The molecule has 1 atom stereocenters. The minimum atomic E-state index is -0.324. The molecule has 2 N–H and O–H groups in total. The highest BCUT2D eigenvalue weighted by Gasteiger charge is 2.30. The maximum absolute atomic E-state index is 12.5. The summed E-state index contributed by atoms with van der Waals surface area (Å²) < 4.78 is 5.08. The highest BCUT2D eigenvalue weighted by Crippen LogP contribution is 2.11. The zero-order chi connectivity index (χ0) is 14.3. The van der Waals surface area contributed by atoms with Crippen LogP contribution in [-0.4, -0.2) is 62.1 Å². The number of hydrogen-bond donors (Lipinski definition) is 2. The van der Waals surface area contributed by atoms with Gasteiger partial charge in [0.1, 0.15) is 6.04 Å². The van der Waals surface area contributed by atoms with Gasteiger partial charge in [-0.15, -0.1) is 0 Å². The van der Waals surface area contributed by atoms with Crippen LogP contribution in [-0.2, 0) is 14.3 Å². The normalized spacial score (nSPS) is 19.4. The summed E-state index contributed by atoms with van der Waals surface area (Å²) in [5.74, 6) is -0.0132. The number of amides is 2. The molecule has 1 unspecified atom stereocenters. The number of nitrogens with one attached hydrogen (secondary N) is 2. The Balaban J connectivity index is 2.66. The third-order valence-electron chi connectivity index (χ3n) is 3.51. The molecular formula is C13H25N3O3. The van der Waals surface area contributed by atoms with Gasteiger partial charge < -0.3 is 15.0 Å². The predicted molar refractivity (Wildman–Crippen MR) is 72.8 cm³/mol. The number of nitrogens with zero attached hydrogens (tertiary/aromatic N) is 1. The lowest BCUT2D eigenvalue weighted by molar-refractivity contribution is -0.138. The number of ether oxygens (including phenoxy) is 1. The Labute approximate surface area is 114 Å². The molecule has 1 rings (SSSR count). The molecule has 0 spiro atoms. The van der Waals surface area contributed by atoms with Crippen LogP contribution in [0.25, 0.3) is 0 Å². The second-order valence-corrected chi connectivity index (χ2v) is 4.73. The van der Waals surface area contributed by atoms with E-state index in [1.165, 1.54) is 0 Å². The van der Waals surface area contributed by atoms with Crippen LogP contribution in [0.2, 0.25) is 0 Å². The predicted octanol–water partition coefficient (Wildman–Crippen LogP) is -0.262. The number of piperazine rings is 1. The molecule has 2 amide bonds. The molecule has 0 aromatic rings. The highest BCUT2D eigenvalue weighted by molar-refractivity contribution is 5.87. The van der Waals surface area contributed by atoms with Crippen LogP contribution in [0.4, 0.5) is 0 Å². The van der Waals surface area contributed by atoms with Crippen LogP contribution in [0.1, 0.15) is 26.7 Å². The topological polar surface area (TPSA) is 70.7 Å². The maximum Gasteiger partial charge on any atom is 0.241 e. The molecule has 19 heavy (non-hydrogen) atoms. The van der Waals surface area contributed by atoms with E-state index in [0.717, 1.165) is 12.8 Å². The molecule has 1 aliphatic heterocycles. The molecular weight excluding hydrogens is 246 g/mol. The summed E-state index contributed by atoms with van der Waals surface area (Å²) >= 11 is 0. The van der Waals surface area contributed by atoms with Crippen molar-refractivity contribution in [2.24, 2.45) is 0 Å². The minimum absolute atomic E-state index is 0.0470. The minimum Gasteiger partial charge on any atom is -0.383 e. The Hall–Kier alpha value is -1.14. The van der Waals surface area contributed by atoms with Gasteiger partial charge in [-0.05, 0) is 12.8 Å². The summed E-state index contributed by atoms with van der Waals surface area (Å²) in [7, 11) is 1.63. The fourth-order valence-corrected chi connectivity index (χ4v) is 2.33. The van der Waals surface area contributed by atoms with Gasteiger partial charge in [-0.2, -0.15) is 0 Å². The molecule has 1 fully saturated rings. The van der Waals surface area contributed by atoms with Crippen molar-refractivity contribution in [1.29, 1.82) is 0 Å². The maximum atomic E-state index is 12.5. The van der Waals surface area contributed by atoms with E-state index in [9.17, 15) is 9.59 Å². The average Bonchev–Trinajstić information content (AvgIpc) is 2.43. The van der Waals surface area contributed by atoms with Gasteiger partial charge in [0, 0.05) is 26.2 Å². The number of carbonyl (C=O) groups excluding carboxylic acids is 2. The highest BCUT2D eigenvalue weighted by atomic mass is 16.5. The lowest BCUT2D eigenvalue weighted by Crippen LogP contribution is -2.60. The first kappa shape index (κ1) is 15.9. The average molecular weight is 271 g/mol. The Morgan fingerprint density at radius 3 is 2.63 bits per heavy atom. The summed E-state index contributed by atoms with van der Waals surface area (Å²) in [6.07, 6.45) is 1.84. The van der Waals surface area contributed by atoms with Crippen molar-refractivity contribution in [3.8, 4) is 0 Å². The van der Waals surface area contributed by atoms with Crippen molar-refractivity contribution in [3.05, 3.63) is 0 Å². The fraction of sp³-hybridized carbons (Fsp3) is 0.846. The van der Waals surface area contributed by atoms with Gasteiger partial charge in [0.25, 0.3) is 0 Å². The monoisotopic (exact) mass is 271 g/mol. The summed E-state index contributed by atoms with van der Waals surface area (Å²) in [5.41, 5.74) is 0. The third kappa shape index (κ3) is 4.47. The quantitative estimate of drug-likeness (QED) is 0.669.